The smallest absolute Gasteiger partial charge is 0.251 e. The Bertz CT molecular complexity index is 817. The van der Waals surface area contributed by atoms with Crippen molar-refractivity contribution in [3.05, 3.63) is 52.2 Å². The summed E-state index contributed by atoms with van der Waals surface area (Å²) >= 11 is 1.74. The zero-order chi connectivity index (χ0) is 17.9. The largest absolute Gasteiger partial charge is 0.348 e. The molecule has 0 saturated carbocycles. The van der Waals surface area contributed by atoms with Gasteiger partial charge in [-0.3, -0.25) is 9.69 Å². The number of hydrogen-bond donors (Lipinski definition) is 2. The lowest BCUT2D eigenvalue weighted by Gasteiger charge is -2.32. The van der Waals surface area contributed by atoms with E-state index in [-0.39, 0.29) is 16.8 Å². The number of piperidine rings is 1. The van der Waals surface area contributed by atoms with E-state index in [1.165, 1.54) is 29.1 Å². The van der Waals surface area contributed by atoms with Crippen LogP contribution in [0.3, 0.4) is 0 Å². The third-order valence-corrected chi connectivity index (χ3v) is 6.04. The molecule has 0 bridgehead atoms. The maximum Gasteiger partial charge on any atom is 0.251 e. The van der Waals surface area contributed by atoms with E-state index < -0.39 is 10.0 Å². The Hall–Kier alpha value is -1.74. The average molecular weight is 380 g/mol. The van der Waals surface area contributed by atoms with Crippen LogP contribution in [0.1, 0.15) is 28.1 Å². The van der Waals surface area contributed by atoms with Crippen molar-refractivity contribution in [2.75, 3.05) is 13.1 Å². The van der Waals surface area contributed by atoms with Crippen LogP contribution < -0.4 is 10.5 Å². The zero-order valence-corrected chi connectivity index (χ0v) is 15.4. The van der Waals surface area contributed by atoms with Crippen molar-refractivity contribution >= 4 is 27.3 Å². The van der Waals surface area contributed by atoms with E-state index in [0.29, 0.717) is 5.56 Å². The molecule has 1 aromatic carbocycles. The van der Waals surface area contributed by atoms with Crippen molar-refractivity contribution in [1.29, 1.82) is 0 Å². The number of primary sulfonamides is 1. The summed E-state index contributed by atoms with van der Waals surface area (Å²) in [6.07, 6.45) is 1.99. The van der Waals surface area contributed by atoms with Crippen LogP contribution in [-0.4, -0.2) is 38.4 Å². The summed E-state index contributed by atoms with van der Waals surface area (Å²) in [5.41, 5.74) is 0.433. The molecule has 8 heteroatoms. The Morgan fingerprint density at radius 3 is 2.68 bits per heavy atom. The van der Waals surface area contributed by atoms with Crippen molar-refractivity contribution < 1.29 is 13.2 Å². The van der Waals surface area contributed by atoms with Gasteiger partial charge in [-0.15, -0.1) is 11.3 Å². The first kappa shape index (κ1) is 18.1. The number of carbonyl (C=O) groups excluding carboxylic acids is 1. The van der Waals surface area contributed by atoms with Crippen molar-refractivity contribution in [2.24, 2.45) is 5.14 Å². The van der Waals surface area contributed by atoms with Crippen molar-refractivity contribution in [3.8, 4) is 0 Å². The number of carbonyl (C=O) groups is 1. The molecule has 1 amide bonds. The predicted octanol–water partition coefficient (Wildman–Crippen LogP) is 1.79. The summed E-state index contributed by atoms with van der Waals surface area (Å²) in [6.45, 7) is 2.76. The van der Waals surface area contributed by atoms with Crippen LogP contribution in [0.2, 0.25) is 0 Å². The summed E-state index contributed by atoms with van der Waals surface area (Å²) in [5, 5.41) is 10.2. The average Bonchev–Trinajstić information content (AvgIpc) is 3.07. The van der Waals surface area contributed by atoms with Gasteiger partial charge in [0.25, 0.3) is 5.91 Å². The van der Waals surface area contributed by atoms with Crippen LogP contribution >= 0.6 is 11.3 Å². The molecule has 3 rings (SSSR count). The van der Waals surface area contributed by atoms with E-state index in [9.17, 15) is 13.2 Å². The van der Waals surface area contributed by atoms with Gasteiger partial charge in [0, 0.05) is 29.6 Å². The van der Waals surface area contributed by atoms with Gasteiger partial charge < -0.3 is 5.32 Å². The first-order chi connectivity index (χ1) is 11.9. The molecule has 3 N–H and O–H groups in total. The summed E-state index contributed by atoms with van der Waals surface area (Å²) < 4.78 is 22.5. The number of amides is 1. The van der Waals surface area contributed by atoms with E-state index in [2.05, 4.69) is 27.7 Å². The number of likely N-dealkylation sites (tertiary alicyclic amines) is 1. The van der Waals surface area contributed by atoms with Gasteiger partial charge in [0.2, 0.25) is 10.0 Å². The number of nitrogens with zero attached hydrogens (tertiary/aromatic N) is 1. The van der Waals surface area contributed by atoms with E-state index in [0.717, 1.165) is 32.5 Å². The summed E-state index contributed by atoms with van der Waals surface area (Å²) in [6, 6.07) is 9.96. The van der Waals surface area contributed by atoms with Gasteiger partial charge in [0.15, 0.2) is 0 Å². The minimum absolute atomic E-state index is 0.00355. The monoisotopic (exact) mass is 379 g/mol. The normalized spacial score (nSPS) is 18.8. The number of hydrogen-bond acceptors (Lipinski definition) is 5. The van der Waals surface area contributed by atoms with Crippen molar-refractivity contribution in [3.63, 3.8) is 0 Å². The van der Waals surface area contributed by atoms with Gasteiger partial charge in [0.05, 0.1) is 4.90 Å². The van der Waals surface area contributed by atoms with Gasteiger partial charge in [-0.05, 0) is 55.1 Å². The zero-order valence-electron chi connectivity index (χ0n) is 13.7. The molecule has 0 aliphatic carbocycles. The Kier molecular flexibility index (Phi) is 5.53. The van der Waals surface area contributed by atoms with Crippen LogP contribution in [0.25, 0.3) is 0 Å². The lowest BCUT2D eigenvalue weighted by atomic mass is 10.0. The molecule has 2 heterocycles. The van der Waals surface area contributed by atoms with Gasteiger partial charge in [-0.2, -0.15) is 0 Å². The summed E-state index contributed by atoms with van der Waals surface area (Å²) in [7, 11) is -3.74. The highest BCUT2D eigenvalue weighted by atomic mass is 32.2. The molecule has 1 fully saturated rings. The quantitative estimate of drug-likeness (QED) is 0.828. The van der Waals surface area contributed by atoms with Crippen LogP contribution in [-0.2, 0) is 16.6 Å². The van der Waals surface area contributed by atoms with E-state index >= 15 is 0 Å². The maximum atomic E-state index is 12.4. The fourth-order valence-corrected chi connectivity index (χ4v) is 4.27. The molecule has 1 aromatic heterocycles. The molecular weight excluding hydrogens is 358 g/mol. The van der Waals surface area contributed by atoms with E-state index in [1.54, 1.807) is 11.3 Å². The SMILES string of the molecule is NS(=O)(=O)c1ccc(C(=O)N[C@@H]2CCCN(Cc3cccs3)C2)cc1. The van der Waals surface area contributed by atoms with E-state index in [4.69, 9.17) is 5.14 Å². The van der Waals surface area contributed by atoms with Gasteiger partial charge in [-0.1, -0.05) is 6.07 Å². The third kappa shape index (κ3) is 4.88. The Labute approximate surface area is 151 Å². The molecule has 1 aliphatic rings. The number of nitrogens with two attached hydrogens (primary N) is 1. The van der Waals surface area contributed by atoms with Crippen LogP contribution in [0.15, 0.2) is 46.7 Å². The third-order valence-electron chi connectivity index (χ3n) is 4.25. The minimum atomic E-state index is -3.74. The molecule has 1 aliphatic heterocycles. The van der Waals surface area contributed by atoms with Crippen molar-refractivity contribution in [1.82, 2.24) is 10.2 Å². The fourth-order valence-electron chi connectivity index (χ4n) is 3.00. The highest BCUT2D eigenvalue weighted by Crippen LogP contribution is 2.17. The van der Waals surface area contributed by atoms with Crippen LogP contribution in [0.5, 0.6) is 0 Å². The molecule has 0 unspecified atom stereocenters. The van der Waals surface area contributed by atoms with Gasteiger partial charge in [0.1, 0.15) is 0 Å². The summed E-state index contributed by atoms with van der Waals surface area (Å²) in [4.78, 5) is 16.1. The van der Waals surface area contributed by atoms with E-state index in [1.807, 2.05) is 0 Å². The second kappa shape index (κ2) is 7.65. The molecule has 0 radical (unpaired) electrons. The fraction of sp³-hybridized carbons (Fsp3) is 0.353. The highest BCUT2D eigenvalue weighted by molar-refractivity contribution is 7.89. The Balaban J connectivity index is 1.58. The molecular formula is C17H21N3O3S2. The standard InChI is InChI=1S/C17H21N3O3S2/c18-25(22,23)16-7-5-13(6-8-16)17(21)19-14-3-1-9-20(11-14)12-15-4-2-10-24-15/h2,4-8,10,14H,1,3,9,11-12H2,(H,19,21)(H2,18,22,23)/t14-/m1/s1. The first-order valence-corrected chi connectivity index (χ1v) is 10.5. The lowest BCUT2D eigenvalue weighted by molar-refractivity contribution is 0.0901. The second-order valence-corrected chi connectivity index (χ2v) is 8.79. The van der Waals surface area contributed by atoms with Gasteiger partial charge in [-0.25, -0.2) is 13.6 Å². The number of sulfonamides is 1. The molecule has 25 heavy (non-hydrogen) atoms. The number of nitrogens with one attached hydrogen (secondary N) is 1. The number of rotatable bonds is 5. The topological polar surface area (TPSA) is 92.5 Å². The molecule has 2 aromatic rings. The Morgan fingerprint density at radius 1 is 1.28 bits per heavy atom. The first-order valence-electron chi connectivity index (χ1n) is 8.10. The second-order valence-electron chi connectivity index (χ2n) is 6.20. The van der Waals surface area contributed by atoms with Gasteiger partial charge >= 0.3 is 0 Å². The lowest BCUT2D eigenvalue weighted by Crippen LogP contribution is -2.47. The van der Waals surface area contributed by atoms with Crippen LogP contribution in [0, 0.1) is 0 Å². The molecule has 1 atom stereocenters. The maximum absolute atomic E-state index is 12.4. The number of benzene rings is 1. The molecule has 1 saturated heterocycles. The summed E-state index contributed by atoms with van der Waals surface area (Å²) in [5.74, 6) is -0.191. The Morgan fingerprint density at radius 2 is 2.04 bits per heavy atom. The molecule has 6 nitrogen and oxygen atoms in total. The molecule has 134 valence electrons. The number of thiophene rings is 1. The predicted molar refractivity (Wildman–Crippen MR) is 97.9 cm³/mol. The minimum Gasteiger partial charge on any atom is -0.348 e. The molecule has 0 spiro atoms. The highest BCUT2D eigenvalue weighted by Gasteiger charge is 2.22. The van der Waals surface area contributed by atoms with Crippen LogP contribution in [0.4, 0.5) is 0 Å². The van der Waals surface area contributed by atoms with Crippen molar-refractivity contribution in [2.45, 2.75) is 30.3 Å².